The summed E-state index contributed by atoms with van der Waals surface area (Å²) in [5, 5.41) is 11.8. The second-order valence-electron chi connectivity index (χ2n) is 7.17. The molecule has 4 heterocycles. The highest BCUT2D eigenvalue weighted by atomic mass is 16.5. The Balaban J connectivity index is 1.47. The fourth-order valence-corrected chi connectivity index (χ4v) is 3.78. The third-order valence-electron chi connectivity index (χ3n) is 5.11. The molecule has 1 amide bonds. The van der Waals surface area contributed by atoms with Gasteiger partial charge in [-0.2, -0.15) is 5.10 Å². The van der Waals surface area contributed by atoms with Crippen LogP contribution in [0.2, 0.25) is 0 Å². The number of nitrogens with zero attached hydrogens (tertiary/aromatic N) is 6. The van der Waals surface area contributed by atoms with E-state index >= 15 is 0 Å². The van der Waals surface area contributed by atoms with Crippen LogP contribution in [0.3, 0.4) is 0 Å². The molecule has 0 aliphatic carbocycles. The van der Waals surface area contributed by atoms with Gasteiger partial charge in [0.05, 0.1) is 17.0 Å². The smallest absolute Gasteiger partial charge is 0.274 e. The molecule has 144 valence electrons. The summed E-state index contributed by atoms with van der Waals surface area (Å²) in [6.07, 6.45) is 5.99. The normalized spacial score (nSPS) is 16.9. The zero-order chi connectivity index (χ0) is 19.5. The number of hydrogen-bond donors (Lipinski definition) is 0. The second-order valence-corrected chi connectivity index (χ2v) is 7.17. The summed E-state index contributed by atoms with van der Waals surface area (Å²) in [7, 11) is 0. The first-order valence-corrected chi connectivity index (χ1v) is 9.43. The van der Waals surface area contributed by atoms with E-state index in [0.29, 0.717) is 18.2 Å². The Bertz CT molecular complexity index is 952. The van der Waals surface area contributed by atoms with E-state index in [1.165, 1.54) is 0 Å². The fourth-order valence-electron chi connectivity index (χ4n) is 3.78. The first-order chi connectivity index (χ1) is 13.6. The molecule has 0 aromatic carbocycles. The number of piperidine rings is 1. The summed E-state index contributed by atoms with van der Waals surface area (Å²) in [5.74, 6) is 1.04. The van der Waals surface area contributed by atoms with Gasteiger partial charge in [0.1, 0.15) is 12.1 Å². The summed E-state index contributed by atoms with van der Waals surface area (Å²) in [4.78, 5) is 23.4. The number of hydrogen-bond acceptors (Lipinski definition) is 7. The lowest BCUT2D eigenvalue weighted by atomic mass is 9.92. The number of aryl methyl sites for hydroxylation is 2. The minimum Gasteiger partial charge on any atom is -0.361 e. The lowest BCUT2D eigenvalue weighted by Crippen LogP contribution is -2.41. The lowest BCUT2D eigenvalue weighted by Gasteiger charge is -2.32. The molecule has 3 aromatic heterocycles. The van der Waals surface area contributed by atoms with E-state index in [9.17, 15) is 4.79 Å². The molecular formula is C20H22N6O2. The molecule has 28 heavy (non-hydrogen) atoms. The molecule has 1 aliphatic rings. The van der Waals surface area contributed by atoms with E-state index in [2.05, 4.69) is 25.3 Å². The van der Waals surface area contributed by atoms with Crippen molar-refractivity contribution in [2.45, 2.75) is 33.1 Å². The average molecular weight is 378 g/mol. The number of aromatic nitrogens is 5. The standard InChI is InChI=1S/C20H22N6O2/c1-13-19(14(2)28-25-13)18-10-16(21-12-22-18)9-15-5-4-8-26(11-15)20(27)17-6-3-7-23-24-17/h3,6-7,10,12,15H,4-5,8-9,11H2,1-2H3. The highest BCUT2D eigenvalue weighted by Gasteiger charge is 2.26. The first kappa shape index (κ1) is 18.2. The SMILES string of the molecule is Cc1noc(C)c1-c1cc(CC2CCCN(C(=O)c3cccnn3)C2)ncn1. The molecule has 0 radical (unpaired) electrons. The Morgan fingerprint density at radius 3 is 2.96 bits per heavy atom. The van der Waals surface area contributed by atoms with Gasteiger partial charge in [-0.15, -0.1) is 5.10 Å². The zero-order valence-electron chi connectivity index (χ0n) is 16.0. The topological polar surface area (TPSA) is 97.9 Å². The van der Waals surface area contributed by atoms with Crippen molar-refractivity contribution < 1.29 is 9.32 Å². The molecule has 1 unspecified atom stereocenters. The van der Waals surface area contributed by atoms with Crippen molar-refractivity contribution in [1.82, 2.24) is 30.2 Å². The minimum absolute atomic E-state index is 0.0584. The summed E-state index contributed by atoms with van der Waals surface area (Å²) < 4.78 is 5.26. The van der Waals surface area contributed by atoms with E-state index < -0.39 is 0 Å². The molecule has 0 N–H and O–H groups in total. The van der Waals surface area contributed by atoms with Crippen LogP contribution in [-0.2, 0) is 6.42 Å². The van der Waals surface area contributed by atoms with Gasteiger partial charge in [-0.05, 0) is 57.2 Å². The summed E-state index contributed by atoms with van der Waals surface area (Å²) >= 11 is 0. The Morgan fingerprint density at radius 2 is 2.21 bits per heavy atom. The molecule has 1 atom stereocenters. The van der Waals surface area contributed by atoms with Gasteiger partial charge in [-0.3, -0.25) is 4.79 Å². The van der Waals surface area contributed by atoms with Crippen LogP contribution >= 0.6 is 0 Å². The molecule has 4 rings (SSSR count). The van der Waals surface area contributed by atoms with Gasteiger partial charge >= 0.3 is 0 Å². The van der Waals surface area contributed by atoms with Crippen molar-refractivity contribution >= 4 is 5.91 Å². The van der Waals surface area contributed by atoms with Crippen molar-refractivity contribution in [2.75, 3.05) is 13.1 Å². The number of carbonyl (C=O) groups is 1. The molecule has 0 bridgehead atoms. The molecule has 8 nitrogen and oxygen atoms in total. The van der Waals surface area contributed by atoms with Gasteiger partial charge in [0.15, 0.2) is 5.69 Å². The maximum atomic E-state index is 12.7. The van der Waals surface area contributed by atoms with Gasteiger partial charge < -0.3 is 9.42 Å². The molecule has 0 saturated carbocycles. The molecule has 1 saturated heterocycles. The van der Waals surface area contributed by atoms with Gasteiger partial charge in [0.2, 0.25) is 0 Å². The first-order valence-electron chi connectivity index (χ1n) is 9.43. The van der Waals surface area contributed by atoms with Crippen molar-refractivity contribution in [3.05, 3.63) is 53.6 Å². The van der Waals surface area contributed by atoms with Crippen LogP contribution in [0.4, 0.5) is 0 Å². The van der Waals surface area contributed by atoms with Crippen molar-refractivity contribution in [1.29, 1.82) is 0 Å². The van der Waals surface area contributed by atoms with Crippen LogP contribution in [0.1, 0.15) is 40.5 Å². The Morgan fingerprint density at radius 1 is 1.32 bits per heavy atom. The number of carbonyl (C=O) groups excluding carboxylic acids is 1. The largest absolute Gasteiger partial charge is 0.361 e. The Labute approximate surface area is 163 Å². The van der Waals surface area contributed by atoms with Gasteiger partial charge in [-0.25, -0.2) is 9.97 Å². The van der Waals surface area contributed by atoms with Crippen molar-refractivity contribution in [3.8, 4) is 11.3 Å². The minimum atomic E-state index is -0.0584. The number of amides is 1. The van der Waals surface area contributed by atoms with Crippen molar-refractivity contribution in [2.24, 2.45) is 5.92 Å². The quantitative estimate of drug-likeness (QED) is 0.688. The molecule has 1 aliphatic heterocycles. The predicted octanol–water partition coefficient (Wildman–Crippen LogP) is 2.63. The third kappa shape index (κ3) is 3.76. The predicted molar refractivity (Wildman–Crippen MR) is 101 cm³/mol. The Kier molecular flexibility index (Phi) is 5.10. The van der Waals surface area contributed by atoms with E-state index in [0.717, 1.165) is 54.2 Å². The van der Waals surface area contributed by atoms with Crippen LogP contribution in [0.15, 0.2) is 35.2 Å². The van der Waals surface area contributed by atoms with Crippen LogP contribution in [-0.4, -0.2) is 49.2 Å². The van der Waals surface area contributed by atoms with Crippen molar-refractivity contribution in [3.63, 3.8) is 0 Å². The van der Waals surface area contributed by atoms with Crippen LogP contribution in [0.5, 0.6) is 0 Å². The molecule has 3 aromatic rings. The molecule has 8 heteroatoms. The number of likely N-dealkylation sites (tertiary alicyclic amines) is 1. The maximum Gasteiger partial charge on any atom is 0.274 e. The zero-order valence-corrected chi connectivity index (χ0v) is 16.0. The van der Waals surface area contributed by atoms with E-state index in [1.54, 1.807) is 24.7 Å². The summed E-state index contributed by atoms with van der Waals surface area (Å²) in [5.41, 5.74) is 3.92. The lowest BCUT2D eigenvalue weighted by molar-refractivity contribution is 0.0665. The fraction of sp³-hybridized carbons (Fsp3) is 0.400. The third-order valence-corrected chi connectivity index (χ3v) is 5.11. The second kappa shape index (κ2) is 7.84. The Hall–Kier alpha value is -3.16. The van der Waals surface area contributed by atoms with E-state index in [4.69, 9.17) is 4.52 Å². The summed E-state index contributed by atoms with van der Waals surface area (Å²) in [6, 6.07) is 5.44. The molecule has 0 spiro atoms. The van der Waals surface area contributed by atoms with E-state index in [1.807, 2.05) is 24.8 Å². The molecule has 1 fully saturated rings. The average Bonchev–Trinajstić information content (AvgIpc) is 3.06. The van der Waals surface area contributed by atoms with E-state index in [-0.39, 0.29) is 5.91 Å². The highest BCUT2D eigenvalue weighted by Crippen LogP contribution is 2.27. The maximum absolute atomic E-state index is 12.7. The van der Waals surface area contributed by atoms with Gasteiger partial charge in [0.25, 0.3) is 5.91 Å². The summed E-state index contributed by atoms with van der Waals surface area (Å²) in [6.45, 7) is 5.24. The number of rotatable bonds is 4. The monoisotopic (exact) mass is 378 g/mol. The van der Waals surface area contributed by atoms with Gasteiger partial charge in [0, 0.05) is 25.0 Å². The highest BCUT2D eigenvalue weighted by molar-refractivity contribution is 5.92. The van der Waals surface area contributed by atoms with Gasteiger partial charge in [-0.1, -0.05) is 5.16 Å². The molecular weight excluding hydrogens is 356 g/mol. The van der Waals surface area contributed by atoms with Crippen LogP contribution in [0, 0.1) is 19.8 Å². The van der Waals surface area contributed by atoms with Crippen LogP contribution in [0.25, 0.3) is 11.3 Å². The van der Waals surface area contributed by atoms with Crippen LogP contribution < -0.4 is 0 Å².